The van der Waals surface area contributed by atoms with Gasteiger partial charge in [-0.1, -0.05) is 11.6 Å². The Hall–Kier alpha value is -2.20. The van der Waals surface area contributed by atoms with Crippen LogP contribution in [0.25, 0.3) is 0 Å². The SMILES string of the molecule is NC(=O)c1ccc(S(=O)(=O)N(c2ccc(F)c(Cl)c2)C2(N)CCC(O)CC2)cc1. The minimum absolute atomic E-state index is 0.106. The summed E-state index contributed by atoms with van der Waals surface area (Å²) in [5, 5.41) is 9.59. The maximum atomic E-state index is 13.7. The Morgan fingerprint density at radius 3 is 2.28 bits per heavy atom. The number of benzene rings is 2. The molecule has 0 aromatic heterocycles. The molecule has 29 heavy (non-hydrogen) atoms. The molecule has 156 valence electrons. The maximum absolute atomic E-state index is 13.7. The third-order valence-corrected chi connectivity index (χ3v) is 7.25. The molecular formula is C19H21ClFN3O4S. The topological polar surface area (TPSA) is 127 Å². The Balaban J connectivity index is 2.13. The van der Waals surface area contributed by atoms with E-state index in [0.717, 1.165) is 10.4 Å². The van der Waals surface area contributed by atoms with Crippen molar-refractivity contribution >= 4 is 33.2 Å². The molecule has 0 spiro atoms. The number of sulfonamides is 1. The Bertz CT molecular complexity index is 1020. The van der Waals surface area contributed by atoms with Crippen LogP contribution in [0.4, 0.5) is 10.1 Å². The van der Waals surface area contributed by atoms with Crippen molar-refractivity contribution in [1.29, 1.82) is 0 Å². The van der Waals surface area contributed by atoms with Crippen molar-refractivity contribution in [1.82, 2.24) is 0 Å². The highest BCUT2D eigenvalue weighted by Gasteiger charge is 2.44. The normalized spacial score (nSPS) is 22.3. The maximum Gasteiger partial charge on any atom is 0.265 e. The second-order valence-electron chi connectivity index (χ2n) is 7.09. The van der Waals surface area contributed by atoms with Crippen molar-refractivity contribution in [2.75, 3.05) is 4.31 Å². The number of hydrogen-bond donors (Lipinski definition) is 3. The van der Waals surface area contributed by atoms with Crippen molar-refractivity contribution in [2.24, 2.45) is 11.5 Å². The van der Waals surface area contributed by atoms with Gasteiger partial charge in [-0.15, -0.1) is 0 Å². The summed E-state index contributed by atoms with van der Waals surface area (Å²) in [7, 11) is -4.21. The summed E-state index contributed by atoms with van der Waals surface area (Å²) in [6, 6.07) is 8.68. The molecule has 0 heterocycles. The standard InChI is InChI=1S/C19H21ClFN3O4S/c20-16-11-13(3-6-17(16)21)24(19(23)9-7-14(25)8-10-19)29(27,28)15-4-1-12(2-5-15)18(22)26/h1-6,11,14,25H,7-10,23H2,(H2,22,26). The Morgan fingerprint density at radius 1 is 1.17 bits per heavy atom. The van der Waals surface area contributed by atoms with E-state index in [2.05, 4.69) is 0 Å². The zero-order valence-corrected chi connectivity index (χ0v) is 17.0. The van der Waals surface area contributed by atoms with E-state index in [0.29, 0.717) is 12.8 Å². The third kappa shape index (κ3) is 4.23. The largest absolute Gasteiger partial charge is 0.393 e. The van der Waals surface area contributed by atoms with E-state index in [-0.39, 0.29) is 34.0 Å². The smallest absolute Gasteiger partial charge is 0.265 e. The Labute approximate surface area is 173 Å². The number of hydrogen-bond acceptors (Lipinski definition) is 5. The fraction of sp³-hybridized carbons (Fsp3) is 0.316. The van der Waals surface area contributed by atoms with Crippen LogP contribution in [0.3, 0.4) is 0 Å². The predicted molar refractivity (Wildman–Crippen MR) is 107 cm³/mol. The van der Waals surface area contributed by atoms with Crippen molar-refractivity contribution in [3.05, 3.63) is 58.9 Å². The molecule has 0 saturated heterocycles. The van der Waals surface area contributed by atoms with E-state index in [1.807, 2.05) is 0 Å². The first-order valence-corrected chi connectivity index (χ1v) is 10.7. The second-order valence-corrected chi connectivity index (χ2v) is 9.29. The summed E-state index contributed by atoms with van der Waals surface area (Å²) in [6.45, 7) is 0. The number of anilines is 1. The zero-order valence-electron chi connectivity index (χ0n) is 15.4. The van der Waals surface area contributed by atoms with Crippen molar-refractivity contribution in [3.63, 3.8) is 0 Å². The van der Waals surface area contributed by atoms with E-state index in [9.17, 15) is 22.7 Å². The van der Waals surface area contributed by atoms with Crippen LogP contribution in [0.2, 0.25) is 5.02 Å². The minimum Gasteiger partial charge on any atom is -0.393 e. The fourth-order valence-corrected chi connectivity index (χ4v) is 5.37. The first-order valence-electron chi connectivity index (χ1n) is 8.92. The highest BCUT2D eigenvalue weighted by atomic mass is 35.5. The number of rotatable bonds is 5. The van der Waals surface area contributed by atoms with Crippen molar-refractivity contribution < 1.29 is 22.7 Å². The van der Waals surface area contributed by atoms with Crippen LogP contribution in [0, 0.1) is 5.82 Å². The molecule has 1 amide bonds. The second kappa shape index (κ2) is 7.91. The number of amides is 1. The average Bonchev–Trinajstić information content (AvgIpc) is 2.67. The lowest BCUT2D eigenvalue weighted by Crippen LogP contribution is -2.60. The van der Waals surface area contributed by atoms with E-state index >= 15 is 0 Å². The fourth-order valence-electron chi connectivity index (χ4n) is 3.45. The molecule has 2 aromatic rings. The molecule has 5 N–H and O–H groups in total. The van der Waals surface area contributed by atoms with Crippen LogP contribution in [0.5, 0.6) is 0 Å². The minimum atomic E-state index is -4.21. The van der Waals surface area contributed by atoms with Crippen LogP contribution in [0.1, 0.15) is 36.0 Å². The average molecular weight is 442 g/mol. The van der Waals surface area contributed by atoms with Crippen LogP contribution in [-0.2, 0) is 10.0 Å². The zero-order chi connectivity index (χ0) is 21.4. The lowest BCUT2D eigenvalue weighted by Gasteiger charge is -2.44. The molecule has 0 bridgehead atoms. The molecule has 0 unspecified atom stereocenters. The van der Waals surface area contributed by atoms with Gasteiger partial charge in [0.25, 0.3) is 10.0 Å². The van der Waals surface area contributed by atoms with Gasteiger partial charge < -0.3 is 16.6 Å². The highest BCUT2D eigenvalue weighted by Crippen LogP contribution is 2.38. The van der Waals surface area contributed by atoms with E-state index in [1.54, 1.807) is 0 Å². The number of primary amides is 1. The van der Waals surface area contributed by atoms with Crippen molar-refractivity contribution in [3.8, 4) is 0 Å². The van der Waals surface area contributed by atoms with Crippen LogP contribution < -0.4 is 15.8 Å². The van der Waals surface area contributed by atoms with Gasteiger partial charge in [-0.05, 0) is 68.1 Å². The molecule has 1 aliphatic carbocycles. The number of carbonyl (C=O) groups is 1. The van der Waals surface area contributed by atoms with Gasteiger partial charge >= 0.3 is 0 Å². The number of nitrogens with two attached hydrogens (primary N) is 2. The van der Waals surface area contributed by atoms with E-state index in [4.69, 9.17) is 23.1 Å². The quantitative estimate of drug-likeness (QED) is 0.614. The molecule has 1 aliphatic rings. The molecule has 0 atom stereocenters. The molecule has 0 radical (unpaired) electrons. The van der Waals surface area contributed by atoms with Crippen LogP contribution in [-0.4, -0.2) is 31.2 Å². The van der Waals surface area contributed by atoms with Gasteiger partial charge in [-0.25, -0.2) is 17.1 Å². The molecule has 2 aromatic carbocycles. The predicted octanol–water partition coefficient (Wildman–Crippen LogP) is 2.36. The number of carbonyl (C=O) groups excluding carboxylic acids is 1. The van der Waals surface area contributed by atoms with Crippen LogP contribution in [0.15, 0.2) is 47.4 Å². The Kier molecular flexibility index (Phi) is 5.86. The van der Waals surface area contributed by atoms with Crippen molar-refractivity contribution in [2.45, 2.75) is 42.3 Å². The highest BCUT2D eigenvalue weighted by molar-refractivity contribution is 7.93. The van der Waals surface area contributed by atoms with Gasteiger partial charge in [0.2, 0.25) is 5.91 Å². The summed E-state index contributed by atoms with van der Waals surface area (Å²) in [5.74, 6) is -1.38. The van der Waals surface area contributed by atoms with Gasteiger partial charge in [0, 0.05) is 5.56 Å². The van der Waals surface area contributed by atoms with E-state index < -0.39 is 33.5 Å². The molecule has 7 nitrogen and oxygen atoms in total. The lowest BCUT2D eigenvalue weighted by molar-refractivity contribution is 0.0999. The molecule has 1 saturated carbocycles. The summed E-state index contributed by atoms with van der Waals surface area (Å²) in [5.41, 5.74) is 10.6. The van der Waals surface area contributed by atoms with Gasteiger partial charge in [0.1, 0.15) is 11.5 Å². The number of halogens is 2. The van der Waals surface area contributed by atoms with Gasteiger partial charge in [-0.2, -0.15) is 0 Å². The first-order chi connectivity index (χ1) is 13.5. The molecule has 0 aliphatic heterocycles. The monoisotopic (exact) mass is 441 g/mol. The van der Waals surface area contributed by atoms with E-state index in [1.165, 1.54) is 36.4 Å². The van der Waals surface area contributed by atoms with Gasteiger partial charge in [0.15, 0.2) is 0 Å². The molecular weight excluding hydrogens is 421 g/mol. The molecule has 3 rings (SSSR count). The number of aliphatic hydroxyl groups is 1. The summed E-state index contributed by atoms with van der Waals surface area (Å²) < 4.78 is 41.8. The summed E-state index contributed by atoms with van der Waals surface area (Å²) in [6.07, 6.45) is 0.461. The molecule has 10 heteroatoms. The summed E-state index contributed by atoms with van der Waals surface area (Å²) >= 11 is 5.89. The summed E-state index contributed by atoms with van der Waals surface area (Å²) in [4.78, 5) is 11.2. The number of nitrogens with zero attached hydrogens (tertiary/aromatic N) is 1. The lowest BCUT2D eigenvalue weighted by atomic mass is 9.87. The number of aliphatic hydroxyl groups excluding tert-OH is 1. The van der Waals surface area contributed by atoms with Gasteiger partial charge in [-0.3, -0.25) is 4.79 Å². The third-order valence-electron chi connectivity index (χ3n) is 5.04. The first kappa shape index (κ1) is 21.5. The Morgan fingerprint density at radius 2 is 1.76 bits per heavy atom. The van der Waals surface area contributed by atoms with Gasteiger partial charge in [0.05, 0.1) is 21.7 Å². The molecule has 1 fully saturated rings. The van der Waals surface area contributed by atoms with Crippen LogP contribution >= 0.6 is 11.6 Å².